The van der Waals surface area contributed by atoms with Gasteiger partial charge in [0.05, 0.1) is 24.2 Å². The third-order valence-electron chi connectivity index (χ3n) is 5.50. The summed E-state index contributed by atoms with van der Waals surface area (Å²) in [6, 6.07) is 22.5. The second-order valence-electron chi connectivity index (χ2n) is 7.70. The minimum Gasteiger partial charge on any atom is -0.395 e. The van der Waals surface area contributed by atoms with Crippen LogP contribution in [0.3, 0.4) is 0 Å². The molecule has 0 aliphatic rings. The highest BCUT2D eigenvalue weighted by atomic mass is 32.2. The first kappa shape index (κ1) is 21.5. The van der Waals surface area contributed by atoms with Gasteiger partial charge in [-0.15, -0.1) is 0 Å². The lowest BCUT2D eigenvalue weighted by atomic mass is 10.2. The second-order valence-corrected chi connectivity index (χ2v) is 9.64. The number of rotatable bonds is 8. The topological polar surface area (TPSA) is 82.8 Å². The first-order chi connectivity index (χ1) is 14.9. The number of aliphatic hydroxyl groups excluding tert-OH is 2. The molecule has 0 amide bonds. The van der Waals surface area contributed by atoms with Gasteiger partial charge in [-0.05, 0) is 31.2 Å². The number of fused-ring (bicyclic) bond motifs is 3. The van der Waals surface area contributed by atoms with E-state index < -0.39 is 16.1 Å². The summed E-state index contributed by atoms with van der Waals surface area (Å²) in [5.41, 5.74) is 2.93. The standard InChI is InChI=1S/C24H26N2O4S/c1-18-10-12-20(13-11-18)31(29,30)25(14-15-27)16-19(28)17-26-23-8-4-2-6-21(23)22-7-3-5-9-24(22)26/h2-13,19,27-28H,14-17H2,1H3/t19-/m1/s1. The van der Waals surface area contributed by atoms with Gasteiger partial charge in [-0.1, -0.05) is 54.1 Å². The lowest BCUT2D eigenvalue weighted by molar-refractivity contribution is 0.123. The van der Waals surface area contributed by atoms with E-state index in [1.54, 1.807) is 24.3 Å². The zero-order chi connectivity index (χ0) is 22.0. The van der Waals surface area contributed by atoms with E-state index in [0.29, 0.717) is 0 Å². The molecule has 1 heterocycles. The van der Waals surface area contributed by atoms with Gasteiger partial charge in [-0.25, -0.2) is 8.42 Å². The number of sulfonamides is 1. The molecule has 0 unspecified atom stereocenters. The van der Waals surface area contributed by atoms with Gasteiger partial charge >= 0.3 is 0 Å². The first-order valence-electron chi connectivity index (χ1n) is 10.2. The fourth-order valence-electron chi connectivity index (χ4n) is 3.98. The Morgan fingerprint density at radius 1 is 0.903 bits per heavy atom. The molecule has 0 spiro atoms. The SMILES string of the molecule is Cc1ccc(S(=O)(=O)N(CCO)C[C@@H](O)Cn2c3ccccc3c3ccccc32)cc1. The van der Waals surface area contributed by atoms with E-state index in [0.717, 1.165) is 31.7 Å². The van der Waals surface area contributed by atoms with Crippen molar-refractivity contribution in [1.29, 1.82) is 0 Å². The molecule has 0 aliphatic heterocycles. The van der Waals surface area contributed by atoms with Gasteiger partial charge < -0.3 is 14.8 Å². The summed E-state index contributed by atoms with van der Waals surface area (Å²) in [5, 5.41) is 22.5. The number of aliphatic hydroxyl groups is 2. The van der Waals surface area contributed by atoms with E-state index in [1.807, 2.05) is 60.0 Å². The van der Waals surface area contributed by atoms with Crippen LogP contribution in [0.15, 0.2) is 77.7 Å². The molecule has 1 aromatic heterocycles. The maximum atomic E-state index is 13.1. The number of nitrogens with zero attached hydrogens (tertiary/aromatic N) is 2. The maximum Gasteiger partial charge on any atom is 0.243 e. The Bertz CT molecular complexity index is 1240. The van der Waals surface area contributed by atoms with Gasteiger partial charge in [-0.2, -0.15) is 4.31 Å². The van der Waals surface area contributed by atoms with Crippen molar-refractivity contribution in [3.8, 4) is 0 Å². The van der Waals surface area contributed by atoms with Crippen LogP contribution in [0.1, 0.15) is 5.56 Å². The minimum atomic E-state index is -3.83. The minimum absolute atomic E-state index is 0.0829. The molecule has 6 nitrogen and oxygen atoms in total. The van der Waals surface area contributed by atoms with E-state index in [9.17, 15) is 18.6 Å². The van der Waals surface area contributed by atoms with Gasteiger partial charge in [0.1, 0.15) is 0 Å². The van der Waals surface area contributed by atoms with Crippen LogP contribution in [0, 0.1) is 6.92 Å². The number of aryl methyl sites for hydroxylation is 1. The predicted molar refractivity (Wildman–Crippen MR) is 122 cm³/mol. The van der Waals surface area contributed by atoms with Crippen LogP contribution >= 0.6 is 0 Å². The van der Waals surface area contributed by atoms with Gasteiger partial charge in [0.15, 0.2) is 0 Å². The highest BCUT2D eigenvalue weighted by Gasteiger charge is 2.27. The fraction of sp³-hybridized carbons (Fsp3) is 0.250. The molecule has 1 atom stereocenters. The Hall–Kier alpha value is -2.71. The number of hydrogen-bond donors (Lipinski definition) is 2. The van der Waals surface area contributed by atoms with Crippen LogP contribution in [0.4, 0.5) is 0 Å². The summed E-state index contributed by atoms with van der Waals surface area (Å²) in [7, 11) is -3.83. The van der Waals surface area contributed by atoms with Crippen molar-refractivity contribution in [1.82, 2.24) is 8.87 Å². The highest BCUT2D eigenvalue weighted by Crippen LogP contribution is 2.29. The number of aromatic nitrogens is 1. The molecule has 7 heteroatoms. The lowest BCUT2D eigenvalue weighted by Crippen LogP contribution is -2.40. The van der Waals surface area contributed by atoms with E-state index >= 15 is 0 Å². The quantitative estimate of drug-likeness (QED) is 0.443. The zero-order valence-electron chi connectivity index (χ0n) is 17.3. The Labute approximate surface area is 182 Å². The Balaban J connectivity index is 1.63. The summed E-state index contributed by atoms with van der Waals surface area (Å²) in [6.07, 6.45) is -0.953. The molecule has 162 valence electrons. The van der Waals surface area contributed by atoms with Crippen LogP contribution in [0.2, 0.25) is 0 Å². The van der Waals surface area contributed by atoms with Crippen LogP contribution in [0.5, 0.6) is 0 Å². The molecule has 0 fully saturated rings. The third kappa shape index (κ3) is 4.22. The van der Waals surface area contributed by atoms with Crippen molar-refractivity contribution in [3.63, 3.8) is 0 Å². The predicted octanol–water partition coefficient (Wildman–Crippen LogP) is 3.15. The summed E-state index contributed by atoms with van der Waals surface area (Å²) < 4.78 is 29.4. The molecule has 0 aliphatic carbocycles. The molecule has 0 saturated carbocycles. The smallest absolute Gasteiger partial charge is 0.243 e. The lowest BCUT2D eigenvalue weighted by Gasteiger charge is -2.25. The molecule has 4 aromatic rings. The Morgan fingerprint density at radius 3 is 2.00 bits per heavy atom. The van der Waals surface area contributed by atoms with Crippen molar-refractivity contribution in [3.05, 3.63) is 78.4 Å². The molecular weight excluding hydrogens is 412 g/mol. The summed E-state index contributed by atoms with van der Waals surface area (Å²) >= 11 is 0. The monoisotopic (exact) mass is 438 g/mol. The van der Waals surface area contributed by atoms with Crippen molar-refractivity contribution >= 4 is 31.8 Å². The molecule has 4 rings (SSSR count). The van der Waals surface area contributed by atoms with Gasteiger partial charge in [0, 0.05) is 34.9 Å². The summed E-state index contributed by atoms with van der Waals surface area (Å²) in [6.45, 7) is 1.60. The van der Waals surface area contributed by atoms with E-state index in [2.05, 4.69) is 0 Å². The third-order valence-corrected chi connectivity index (χ3v) is 7.38. The highest BCUT2D eigenvalue weighted by molar-refractivity contribution is 7.89. The largest absolute Gasteiger partial charge is 0.395 e. The molecule has 0 saturated heterocycles. The van der Waals surface area contributed by atoms with Crippen molar-refractivity contribution in [2.75, 3.05) is 19.7 Å². The molecule has 3 aromatic carbocycles. The number of para-hydroxylation sites is 2. The van der Waals surface area contributed by atoms with E-state index in [4.69, 9.17) is 0 Å². The van der Waals surface area contributed by atoms with Crippen LogP contribution in [-0.2, 0) is 16.6 Å². The Morgan fingerprint density at radius 2 is 1.45 bits per heavy atom. The molecule has 31 heavy (non-hydrogen) atoms. The maximum absolute atomic E-state index is 13.1. The van der Waals surface area contributed by atoms with Gasteiger partial charge in [0.2, 0.25) is 10.0 Å². The average molecular weight is 439 g/mol. The average Bonchev–Trinajstić information content (AvgIpc) is 3.08. The molecular formula is C24H26N2O4S. The van der Waals surface area contributed by atoms with Crippen LogP contribution in [0.25, 0.3) is 21.8 Å². The first-order valence-corrected chi connectivity index (χ1v) is 11.7. The molecule has 0 radical (unpaired) electrons. The van der Waals surface area contributed by atoms with Crippen molar-refractivity contribution < 1.29 is 18.6 Å². The van der Waals surface area contributed by atoms with E-state index in [-0.39, 0.29) is 31.1 Å². The zero-order valence-corrected chi connectivity index (χ0v) is 18.2. The molecule has 0 bridgehead atoms. The van der Waals surface area contributed by atoms with E-state index in [1.165, 1.54) is 0 Å². The van der Waals surface area contributed by atoms with Crippen LogP contribution < -0.4 is 0 Å². The normalized spacial score (nSPS) is 13.3. The van der Waals surface area contributed by atoms with Crippen molar-refractivity contribution in [2.24, 2.45) is 0 Å². The van der Waals surface area contributed by atoms with Crippen molar-refractivity contribution in [2.45, 2.75) is 24.5 Å². The number of benzene rings is 3. The summed E-state index contributed by atoms with van der Waals surface area (Å²) in [4.78, 5) is 0.149. The van der Waals surface area contributed by atoms with Crippen LogP contribution in [-0.4, -0.2) is 53.3 Å². The Kier molecular flexibility index (Phi) is 6.11. The summed E-state index contributed by atoms with van der Waals surface area (Å²) in [5.74, 6) is 0. The van der Waals surface area contributed by atoms with Gasteiger partial charge in [0.25, 0.3) is 0 Å². The molecule has 2 N–H and O–H groups in total. The second kappa shape index (κ2) is 8.80. The van der Waals surface area contributed by atoms with Gasteiger partial charge in [-0.3, -0.25) is 0 Å². The number of hydrogen-bond acceptors (Lipinski definition) is 4. The fourth-order valence-corrected chi connectivity index (χ4v) is 5.45.